The summed E-state index contributed by atoms with van der Waals surface area (Å²) < 4.78 is 13.8. The molecule has 0 saturated carbocycles. The molecule has 1 heterocycles. The third-order valence-electron chi connectivity index (χ3n) is 1.21. The van der Waals surface area contributed by atoms with Gasteiger partial charge in [0.15, 0.2) is 6.20 Å². The van der Waals surface area contributed by atoms with E-state index in [1.54, 1.807) is 12.1 Å². The summed E-state index contributed by atoms with van der Waals surface area (Å²) in [5.41, 5.74) is 4.87. The minimum Gasteiger partial charge on any atom is -0.364 e. The van der Waals surface area contributed by atoms with Crippen LogP contribution >= 0.6 is 0 Å². The fourth-order valence-corrected chi connectivity index (χ4v) is 0.752. The van der Waals surface area contributed by atoms with Gasteiger partial charge in [0.05, 0.1) is 0 Å². The van der Waals surface area contributed by atoms with Crippen LogP contribution in [-0.4, -0.2) is 5.91 Å². The van der Waals surface area contributed by atoms with E-state index in [1.807, 2.05) is 0 Å². The van der Waals surface area contributed by atoms with Crippen molar-refractivity contribution in [1.29, 1.82) is 0 Å². The Labute approximate surface area is 63.3 Å². The zero-order valence-electron chi connectivity index (χ0n) is 5.83. The van der Waals surface area contributed by atoms with E-state index in [2.05, 4.69) is 0 Å². The molecule has 3 nitrogen and oxygen atoms in total. The average Bonchev–Trinajstić information content (AvgIpc) is 1.93. The van der Waals surface area contributed by atoms with Gasteiger partial charge in [-0.25, -0.2) is 0 Å². The van der Waals surface area contributed by atoms with Crippen LogP contribution in [0.1, 0.15) is 0 Å². The van der Waals surface area contributed by atoms with Crippen molar-refractivity contribution in [1.82, 2.24) is 0 Å². The zero-order chi connectivity index (χ0) is 8.27. The molecular formula is C7H8FN2O+. The molecule has 1 amide bonds. The summed E-state index contributed by atoms with van der Waals surface area (Å²) in [6.45, 7) is -0.118. The highest BCUT2D eigenvalue weighted by Crippen LogP contribution is 1.86. The van der Waals surface area contributed by atoms with E-state index in [0.29, 0.717) is 0 Å². The molecule has 0 aromatic carbocycles. The van der Waals surface area contributed by atoms with Gasteiger partial charge in [0, 0.05) is 12.1 Å². The molecule has 0 aliphatic rings. The molecule has 0 spiro atoms. The highest BCUT2D eigenvalue weighted by atomic mass is 19.1. The quantitative estimate of drug-likeness (QED) is 0.458. The maximum atomic E-state index is 12.7. The van der Waals surface area contributed by atoms with Crippen molar-refractivity contribution in [3.8, 4) is 0 Å². The van der Waals surface area contributed by atoms with Crippen molar-refractivity contribution in [2.45, 2.75) is 6.54 Å². The summed E-state index contributed by atoms with van der Waals surface area (Å²) in [7, 11) is 0. The molecule has 0 fully saturated rings. The topological polar surface area (TPSA) is 47.0 Å². The SMILES string of the molecule is NC(=O)C[n+]1ccccc1F. The number of halogens is 1. The van der Waals surface area contributed by atoms with Gasteiger partial charge in [-0.2, -0.15) is 4.57 Å². The van der Waals surface area contributed by atoms with E-state index >= 15 is 0 Å². The first-order chi connectivity index (χ1) is 5.20. The Bertz CT molecular complexity index is 275. The molecule has 58 valence electrons. The molecule has 1 rings (SSSR count). The number of amides is 1. The Morgan fingerprint density at radius 3 is 2.91 bits per heavy atom. The number of nitrogens with zero attached hydrogens (tertiary/aromatic N) is 1. The van der Waals surface area contributed by atoms with Crippen LogP contribution in [0.3, 0.4) is 0 Å². The van der Waals surface area contributed by atoms with Crippen molar-refractivity contribution in [2.75, 3.05) is 0 Å². The van der Waals surface area contributed by atoms with Gasteiger partial charge in [-0.3, -0.25) is 4.79 Å². The smallest absolute Gasteiger partial charge is 0.359 e. The van der Waals surface area contributed by atoms with Crippen LogP contribution in [0.2, 0.25) is 0 Å². The molecule has 0 atom stereocenters. The number of nitrogens with two attached hydrogens (primary N) is 1. The fourth-order valence-electron chi connectivity index (χ4n) is 0.752. The molecular weight excluding hydrogens is 147 g/mol. The predicted molar refractivity (Wildman–Crippen MR) is 35.8 cm³/mol. The second-order valence-electron chi connectivity index (χ2n) is 2.12. The van der Waals surface area contributed by atoms with E-state index in [-0.39, 0.29) is 6.54 Å². The second kappa shape index (κ2) is 3.09. The number of carbonyl (C=O) groups excluding carboxylic acids is 1. The maximum absolute atomic E-state index is 12.7. The van der Waals surface area contributed by atoms with Gasteiger partial charge in [-0.1, -0.05) is 0 Å². The van der Waals surface area contributed by atoms with Gasteiger partial charge in [-0.15, -0.1) is 4.39 Å². The Morgan fingerprint density at radius 1 is 1.64 bits per heavy atom. The van der Waals surface area contributed by atoms with Crippen molar-refractivity contribution in [3.05, 3.63) is 30.3 Å². The number of carbonyl (C=O) groups is 1. The molecule has 4 heteroatoms. The van der Waals surface area contributed by atoms with Crippen LogP contribution in [0.4, 0.5) is 4.39 Å². The van der Waals surface area contributed by atoms with Crippen molar-refractivity contribution < 1.29 is 13.8 Å². The summed E-state index contributed by atoms with van der Waals surface area (Å²) in [5.74, 6) is -1.02. The van der Waals surface area contributed by atoms with Gasteiger partial charge in [0.25, 0.3) is 5.91 Å². The van der Waals surface area contributed by atoms with Crippen LogP contribution < -0.4 is 10.3 Å². The first-order valence-electron chi connectivity index (χ1n) is 3.12. The molecule has 0 saturated heterocycles. The van der Waals surface area contributed by atoms with Crippen molar-refractivity contribution in [2.24, 2.45) is 5.73 Å². The van der Waals surface area contributed by atoms with E-state index < -0.39 is 11.9 Å². The molecule has 1 aromatic rings. The van der Waals surface area contributed by atoms with E-state index in [0.717, 1.165) is 4.57 Å². The second-order valence-corrected chi connectivity index (χ2v) is 2.12. The summed E-state index contributed by atoms with van der Waals surface area (Å²) >= 11 is 0. The van der Waals surface area contributed by atoms with Gasteiger partial charge in [0.2, 0.25) is 6.54 Å². The molecule has 0 radical (unpaired) electrons. The number of primary amides is 1. The normalized spacial score (nSPS) is 9.55. The first-order valence-corrected chi connectivity index (χ1v) is 3.12. The summed E-state index contributed by atoms with van der Waals surface area (Å²) in [6.07, 6.45) is 1.46. The predicted octanol–water partition coefficient (Wildman–Crippen LogP) is -0.401. The van der Waals surface area contributed by atoms with E-state index in [1.165, 1.54) is 12.3 Å². The number of hydrogen-bond donors (Lipinski definition) is 1. The van der Waals surface area contributed by atoms with E-state index in [4.69, 9.17) is 5.73 Å². The monoisotopic (exact) mass is 155 g/mol. The van der Waals surface area contributed by atoms with Crippen molar-refractivity contribution >= 4 is 5.91 Å². The lowest BCUT2D eigenvalue weighted by Gasteiger charge is -1.91. The lowest BCUT2D eigenvalue weighted by Crippen LogP contribution is -2.43. The zero-order valence-corrected chi connectivity index (χ0v) is 5.83. The van der Waals surface area contributed by atoms with Crippen LogP contribution in [-0.2, 0) is 11.3 Å². The van der Waals surface area contributed by atoms with Crippen molar-refractivity contribution in [3.63, 3.8) is 0 Å². The van der Waals surface area contributed by atoms with Crippen LogP contribution in [0, 0.1) is 5.95 Å². The lowest BCUT2D eigenvalue weighted by atomic mass is 10.4. The number of pyridine rings is 1. The average molecular weight is 155 g/mol. The number of rotatable bonds is 2. The fraction of sp³-hybridized carbons (Fsp3) is 0.143. The number of aromatic nitrogens is 1. The van der Waals surface area contributed by atoms with Gasteiger partial charge in [0.1, 0.15) is 0 Å². The van der Waals surface area contributed by atoms with Gasteiger partial charge >= 0.3 is 5.95 Å². The van der Waals surface area contributed by atoms with E-state index in [9.17, 15) is 9.18 Å². The lowest BCUT2D eigenvalue weighted by molar-refractivity contribution is -0.712. The van der Waals surface area contributed by atoms with Crippen LogP contribution in [0.25, 0.3) is 0 Å². The van der Waals surface area contributed by atoms with Crippen LogP contribution in [0.15, 0.2) is 24.4 Å². The molecule has 0 aliphatic carbocycles. The molecule has 11 heavy (non-hydrogen) atoms. The highest BCUT2D eigenvalue weighted by molar-refractivity contribution is 5.72. The Kier molecular flexibility index (Phi) is 2.15. The largest absolute Gasteiger partial charge is 0.364 e. The van der Waals surface area contributed by atoms with Gasteiger partial charge < -0.3 is 5.73 Å². The summed E-state index contributed by atoms with van der Waals surface area (Å²) in [6, 6.07) is 4.45. The molecule has 0 unspecified atom stereocenters. The Balaban J connectivity index is 2.86. The molecule has 1 aromatic heterocycles. The van der Waals surface area contributed by atoms with Gasteiger partial charge in [-0.05, 0) is 6.07 Å². The molecule has 2 N–H and O–H groups in total. The summed E-state index contributed by atoms with van der Waals surface area (Å²) in [5, 5.41) is 0. The molecule has 0 bridgehead atoms. The Hall–Kier alpha value is -1.45. The standard InChI is InChI=1S/C7H7FN2O/c8-6-3-1-2-4-10(6)5-7(9)11/h1-4H,5H2,(H-,9,11)/p+1. The number of hydrogen-bond acceptors (Lipinski definition) is 1. The maximum Gasteiger partial charge on any atom is 0.359 e. The third-order valence-corrected chi connectivity index (χ3v) is 1.21. The summed E-state index contributed by atoms with van der Waals surface area (Å²) in [4.78, 5) is 10.4. The molecule has 0 aliphatic heterocycles. The minimum absolute atomic E-state index is 0.118. The minimum atomic E-state index is -0.555. The van der Waals surface area contributed by atoms with Crippen LogP contribution in [0.5, 0.6) is 0 Å². The third kappa shape index (κ3) is 2.00. The first kappa shape index (κ1) is 7.65. The highest BCUT2D eigenvalue weighted by Gasteiger charge is 2.09. The Morgan fingerprint density at radius 2 is 2.36 bits per heavy atom.